The Hall–Kier alpha value is -3.64. The third-order valence-electron chi connectivity index (χ3n) is 7.17. The second-order valence-electron chi connectivity index (χ2n) is 10.4. The maximum Gasteiger partial charge on any atom is 0.160 e. The average Bonchev–Trinajstić information content (AvgIpc) is 2.98. The smallest absolute Gasteiger partial charge is 0.160 e. The van der Waals surface area contributed by atoms with Crippen LogP contribution >= 0.6 is 0 Å². The van der Waals surface area contributed by atoms with Gasteiger partial charge < -0.3 is 18.9 Å². The van der Waals surface area contributed by atoms with Gasteiger partial charge in [0.05, 0.1) is 26.4 Å². The highest BCUT2D eigenvalue weighted by Gasteiger charge is 2.24. The zero-order valence-electron chi connectivity index (χ0n) is 23.8. The zero-order valence-corrected chi connectivity index (χ0v) is 23.8. The zero-order chi connectivity index (χ0) is 28.3. The fraction of sp³-hybridized carbons (Fsp3) is 0.412. The molecule has 0 N–H and O–H groups in total. The summed E-state index contributed by atoms with van der Waals surface area (Å²) in [7, 11) is 0. The molecule has 1 aliphatic heterocycles. The minimum absolute atomic E-state index is 0.0625. The standard InChI is InChI=1S/C34H40O6/c1-4-8-31-33(18-16-28-15-17-29(21-35)40-34(28)31)39-20-7-19-38-32-10-6-5-9-30(32)24(2)22-37-23-26-11-13-27(14-12-26)25(3)36/h5-6,9-14,16,18,21,24,29H,4,7-8,15,17,19-20,22-23H2,1-3H3. The lowest BCUT2D eigenvalue weighted by molar-refractivity contribution is -0.114. The summed E-state index contributed by atoms with van der Waals surface area (Å²) in [5.74, 6) is 2.74. The highest BCUT2D eigenvalue weighted by molar-refractivity contribution is 5.94. The molecule has 1 aliphatic rings. The van der Waals surface area contributed by atoms with Crippen LogP contribution in [0.1, 0.15) is 78.6 Å². The van der Waals surface area contributed by atoms with Gasteiger partial charge in [0.15, 0.2) is 18.2 Å². The number of benzene rings is 3. The summed E-state index contributed by atoms with van der Waals surface area (Å²) in [5.41, 5.74) is 5.06. The number of aryl methyl sites for hydroxylation is 1. The first kappa shape index (κ1) is 29.3. The summed E-state index contributed by atoms with van der Waals surface area (Å²) < 4.78 is 24.3. The van der Waals surface area contributed by atoms with Gasteiger partial charge in [0.25, 0.3) is 0 Å². The van der Waals surface area contributed by atoms with Crippen molar-refractivity contribution in [1.29, 1.82) is 0 Å². The number of carbonyl (C=O) groups excluding carboxylic acids is 2. The van der Waals surface area contributed by atoms with Gasteiger partial charge in [-0.1, -0.05) is 68.8 Å². The van der Waals surface area contributed by atoms with Gasteiger partial charge in [-0.2, -0.15) is 0 Å². The van der Waals surface area contributed by atoms with Crippen LogP contribution in [-0.4, -0.2) is 38.0 Å². The van der Waals surface area contributed by atoms with Crippen molar-refractivity contribution in [3.8, 4) is 17.2 Å². The molecule has 0 fully saturated rings. The van der Waals surface area contributed by atoms with Crippen LogP contribution in [0.25, 0.3) is 0 Å². The molecule has 2 unspecified atom stereocenters. The maximum atomic E-state index is 11.5. The van der Waals surface area contributed by atoms with E-state index >= 15 is 0 Å². The van der Waals surface area contributed by atoms with Gasteiger partial charge in [0, 0.05) is 23.5 Å². The summed E-state index contributed by atoms with van der Waals surface area (Å²) >= 11 is 0. The first-order chi connectivity index (χ1) is 19.5. The molecule has 3 aromatic carbocycles. The van der Waals surface area contributed by atoms with Crippen molar-refractivity contribution in [2.45, 2.75) is 71.5 Å². The molecule has 4 rings (SSSR count). The molecule has 40 heavy (non-hydrogen) atoms. The number of ether oxygens (including phenoxy) is 4. The number of para-hydroxylation sites is 1. The molecule has 0 aliphatic carbocycles. The molecule has 6 heteroatoms. The van der Waals surface area contributed by atoms with Crippen molar-refractivity contribution in [3.05, 3.63) is 88.5 Å². The van der Waals surface area contributed by atoms with Crippen molar-refractivity contribution < 1.29 is 28.5 Å². The van der Waals surface area contributed by atoms with Crippen LogP contribution in [0.5, 0.6) is 17.2 Å². The number of hydrogen-bond donors (Lipinski definition) is 0. The number of Topliss-reactive ketones (excluding diaryl/α,β-unsaturated/α-hetero) is 1. The molecule has 3 aromatic rings. The minimum atomic E-state index is -0.376. The van der Waals surface area contributed by atoms with E-state index in [9.17, 15) is 9.59 Å². The van der Waals surface area contributed by atoms with E-state index in [-0.39, 0.29) is 17.8 Å². The van der Waals surface area contributed by atoms with Gasteiger partial charge in [-0.15, -0.1) is 0 Å². The Labute approximate surface area is 237 Å². The summed E-state index contributed by atoms with van der Waals surface area (Å²) in [6, 6.07) is 19.7. The van der Waals surface area contributed by atoms with E-state index in [1.54, 1.807) is 6.92 Å². The molecule has 0 saturated heterocycles. The van der Waals surface area contributed by atoms with E-state index in [1.165, 1.54) is 0 Å². The number of carbonyl (C=O) groups is 2. The van der Waals surface area contributed by atoms with Gasteiger partial charge in [-0.05, 0) is 55.0 Å². The molecule has 0 aromatic heterocycles. The normalized spacial score (nSPS) is 15.0. The van der Waals surface area contributed by atoms with E-state index in [1.807, 2.05) is 48.5 Å². The summed E-state index contributed by atoms with van der Waals surface area (Å²) in [5, 5.41) is 0. The number of ketones is 1. The summed E-state index contributed by atoms with van der Waals surface area (Å²) in [6.45, 7) is 7.94. The first-order valence-electron chi connectivity index (χ1n) is 14.3. The minimum Gasteiger partial charge on any atom is -0.493 e. The molecule has 0 bridgehead atoms. The van der Waals surface area contributed by atoms with Crippen LogP contribution in [0.2, 0.25) is 0 Å². The second kappa shape index (κ2) is 14.7. The van der Waals surface area contributed by atoms with Gasteiger partial charge in [0.2, 0.25) is 0 Å². The van der Waals surface area contributed by atoms with Crippen LogP contribution in [0, 0.1) is 0 Å². The van der Waals surface area contributed by atoms with Gasteiger partial charge in [-0.25, -0.2) is 0 Å². The lowest BCUT2D eigenvalue weighted by Gasteiger charge is -2.26. The van der Waals surface area contributed by atoms with Crippen LogP contribution in [0.15, 0.2) is 60.7 Å². The third kappa shape index (κ3) is 7.72. The number of rotatable bonds is 15. The van der Waals surface area contributed by atoms with E-state index in [0.717, 1.165) is 77.9 Å². The molecule has 0 amide bonds. The Bertz CT molecular complexity index is 1270. The molecule has 0 saturated carbocycles. The molecular formula is C34H40O6. The first-order valence-corrected chi connectivity index (χ1v) is 14.3. The van der Waals surface area contributed by atoms with Crippen LogP contribution in [0.3, 0.4) is 0 Å². The number of aldehydes is 1. The second-order valence-corrected chi connectivity index (χ2v) is 10.4. The molecule has 0 spiro atoms. The largest absolute Gasteiger partial charge is 0.493 e. The predicted molar refractivity (Wildman–Crippen MR) is 156 cm³/mol. The summed E-state index contributed by atoms with van der Waals surface area (Å²) in [4.78, 5) is 22.8. The molecular weight excluding hydrogens is 504 g/mol. The maximum absolute atomic E-state index is 11.5. The van der Waals surface area contributed by atoms with Crippen molar-refractivity contribution in [3.63, 3.8) is 0 Å². The number of fused-ring (bicyclic) bond motifs is 1. The Morgan fingerprint density at radius 1 is 1.02 bits per heavy atom. The van der Waals surface area contributed by atoms with E-state index in [4.69, 9.17) is 18.9 Å². The van der Waals surface area contributed by atoms with Gasteiger partial charge >= 0.3 is 0 Å². The number of hydrogen-bond acceptors (Lipinski definition) is 6. The van der Waals surface area contributed by atoms with E-state index in [2.05, 4.69) is 26.0 Å². The summed E-state index contributed by atoms with van der Waals surface area (Å²) in [6.07, 6.45) is 4.63. The average molecular weight is 545 g/mol. The third-order valence-corrected chi connectivity index (χ3v) is 7.17. The highest BCUT2D eigenvalue weighted by atomic mass is 16.5. The predicted octanol–water partition coefficient (Wildman–Crippen LogP) is 6.90. The SMILES string of the molecule is CCCc1c(OCCCOc2ccccc2C(C)COCc2ccc(C(C)=O)cc2)ccc2c1OC(C=O)CC2. The van der Waals surface area contributed by atoms with E-state index < -0.39 is 0 Å². The van der Waals surface area contributed by atoms with Crippen molar-refractivity contribution in [1.82, 2.24) is 0 Å². The molecule has 1 heterocycles. The Kier molecular flexibility index (Phi) is 10.8. The van der Waals surface area contributed by atoms with Crippen molar-refractivity contribution >= 4 is 12.1 Å². The fourth-order valence-electron chi connectivity index (χ4n) is 4.95. The molecule has 2 atom stereocenters. The lowest BCUT2D eigenvalue weighted by atomic mass is 9.97. The van der Waals surface area contributed by atoms with Crippen molar-refractivity contribution in [2.24, 2.45) is 0 Å². The van der Waals surface area contributed by atoms with Crippen LogP contribution in [0.4, 0.5) is 0 Å². The Morgan fingerprint density at radius 3 is 2.50 bits per heavy atom. The Morgan fingerprint density at radius 2 is 1.77 bits per heavy atom. The lowest BCUT2D eigenvalue weighted by Crippen LogP contribution is -2.25. The van der Waals surface area contributed by atoms with Gasteiger partial charge in [-0.3, -0.25) is 9.59 Å². The van der Waals surface area contributed by atoms with Crippen LogP contribution in [-0.2, 0) is 29.0 Å². The van der Waals surface area contributed by atoms with Crippen molar-refractivity contribution in [2.75, 3.05) is 19.8 Å². The molecule has 0 radical (unpaired) electrons. The highest BCUT2D eigenvalue weighted by Crippen LogP contribution is 2.38. The Balaban J connectivity index is 1.26. The van der Waals surface area contributed by atoms with E-state index in [0.29, 0.717) is 32.0 Å². The van der Waals surface area contributed by atoms with Gasteiger partial charge in [0.1, 0.15) is 17.2 Å². The fourth-order valence-corrected chi connectivity index (χ4v) is 4.95. The molecule has 212 valence electrons. The van der Waals surface area contributed by atoms with Crippen LogP contribution < -0.4 is 14.2 Å². The topological polar surface area (TPSA) is 71.1 Å². The molecule has 6 nitrogen and oxygen atoms in total. The monoisotopic (exact) mass is 544 g/mol. The quantitative estimate of drug-likeness (QED) is 0.118.